The Hall–Kier alpha value is -1.16. The van der Waals surface area contributed by atoms with Crippen molar-refractivity contribution >= 4 is 44.8 Å². The maximum atomic E-state index is 11.9. The van der Waals surface area contributed by atoms with Gasteiger partial charge >= 0.3 is 5.97 Å². The molecule has 0 unspecified atom stereocenters. The van der Waals surface area contributed by atoms with E-state index in [2.05, 4.69) is 10.0 Å². The predicted molar refractivity (Wildman–Crippen MR) is 83.5 cm³/mol. The highest BCUT2D eigenvalue weighted by Crippen LogP contribution is 2.25. The molecule has 1 amide bonds. The van der Waals surface area contributed by atoms with E-state index in [1.165, 1.54) is 12.1 Å². The van der Waals surface area contributed by atoms with Crippen LogP contribution in [0.15, 0.2) is 16.3 Å². The van der Waals surface area contributed by atoms with Crippen molar-refractivity contribution < 1.29 is 23.1 Å². The molecule has 0 fully saturated rings. The number of carbonyl (C=O) groups excluding carboxylic acids is 1. The first-order valence-electron chi connectivity index (χ1n) is 6.44. The third kappa shape index (κ3) is 5.24. The van der Waals surface area contributed by atoms with Crippen molar-refractivity contribution in [3.05, 3.63) is 16.5 Å². The van der Waals surface area contributed by atoms with Gasteiger partial charge in [-0.05, 0) is 18.1 Å². The van der Waals surface area contributed by atoms with Crippen LogP contribution in [-0.4, -0.2) is 38.0 Å². The molecule has 0 aliphatic heterocycles. The van der Waals surface area contributed by atoms with Gasteiger partial charge < -0.3 is 10.4 Å². The van der Waals surface area contributed by atoms with Gasteiger partial charge in [0.15, 0.2) is 0 Å². The first kappa shape index (κ1) is 18.9. The van der Waals surface area contributed by atoms with Crippen LogP contribution in [0.5, 0.6) is 0 Å². The van der Waals surface area contributed by atoms with Crippen LogP contribution in [0.4, 0.5) is 0 Å². The van der Waals surface area contributed by atoms with Crippen LogP contribution >= 0.6 is 22.9 Å². The van der Waals surface area contributed by atoms with Crippen molar-refractivity contribution in [1.29, 1.82) is 0 Å². The summed E-state index contributed by atoms with van der Waals surface area (Å²) in [6.45, 7) is 2.95. The second-order valence-corrected chi connectivity index (χ2v) is 8.36. The van der Waals surface area contributed by atoms with Crippen LogP contribution in [0.1, 0.15) is 20.3 Å². The van der Waals surface area contributed by atoms with Gasteiger partial charge in [0.2, 0.25) is 5.91 Å². The zero-order valence-corrected chi connectivity index (χ0v) is 14.4. The molecule has 7 nitrogen and oxygen atoms in total. The molecular weight excluding hydrogens is 352 g/mol. The molecule has 0 aliphatic rings. The van der Waals surface area contributed by atoms with E-state index in [0.29, 0.717) is 10.8 Å². The average Bonchev–Trinajstić information content (AvgIpc) is 2.89. The lowest BCUT2D eigenvalue weighted by atomic mass is 9.99. The zero-order valence-electron chi connectivity index (χ0n) is 12.0. The summed E-state index contributed by atoms with van der Waals surface area (Å²) in [5.74, 6) is -2.14. The lowest BCUT2D eigenvalue weighted by Crippen LogP contribution is -2.48. The molecule has 2 atom stereocenters. The zero-order chi connectivity index (χ0) is 16.9. The number of thiophene rings is 1. The van der Waals surface area contributed by atoms with Crippen LogP contribution in [0.25, 0.3) is 0 Å². The Kier molecular flexibility index (Phi) is 6.79. The summed E-state index contributed by atoms with van der Waals surface area (Å²) in [5.41, 5.74) is 0. The number of carboxylic acid groups (broad SMARTS) is 1. The molecule has 124 valence electrons. The molecule has 1 heterocycles. The Labute approximate surface area is 137 Å². The minimum absolute atomic E-state index is 0.0120. The summed E-state index contributed by atoms with van der Waals surface area (Å²) in [5, 5.41) is 11.4. The number of amides is 1. The van der Waals surface area contributed by atoms with Gasteiger partial charge in [-0.1, -0.05) is 31.9 Å². The Balaban J connectivity index is 2.64. The molecule has 10 heteroatoms. The minimum Gasteiger partial charge on any atom is -0.480 e. The fraction of sp³-hybridized carbons (Fsp3) is 0.500. The monoisotopic (exact) mass is 368 g/mol. The van der Waals surface area contributed by atoms with Crippen LogP contribution in [0, 0.1) is 5.92 Å². The number of halogens is 1. The first-order chi connectivity index (χ1) is 10.2. The highest BCUT2D eigenvalue weighted by molar-refractivity contribution is 7.91. The van der Waals surface area contributed by atoms with Gasteiger partial charge in [-0.15, -0.1) is 11.3 Å². The van der Waals surface area contributed by atoms with Gasteiger partial charge in [0.05, 0.1) is 10.9 Å². The summed E-state index contributed by atoms with van der Waals surface area (Å²) in [4.78, 5) is 22.8. The van der Waals surface area contributed by atoms with E-state index in [4.69, 9.17) is 16.7 Å². The van der Waals surface area contributed by atoms with E-state index in [-0.39, 0.29) is 10.1 Å². The van der Waals surface area contributed by atoms with E-state index >= 15 is 0 Å². The lowest BCUT2D eigenvalue weighted by Gasteiger charge is -2.20. The molecule has 1 aromatic rings. The van der Waals surface area contributed by atoms with E-state index < -0.39 is 34.5 Å². The molecule has 22 heavy (non-hydrogen) atoms. The van der Waals surface area contributed by atoms with E-state index in [1.807, 2.05) is 0 Å². The van der Waals surface area contributed by atoms with Crippen molar-refractivity contribution in [2.24, 2.45) is 5.92 Å². The molecule has 0 spiro atoms. The maximum absolute atomic E-state index is 11.9. The highest BCUT2D eigenvalue weighted by atomic mass is 35.5. The number of aliphatic carboxylic acids is 1. The molecule has 0 aromatic carbocycles. The number of hydrogen-bond acceptors (Lipinski definition) is 5. The minimum atomic E-state index is -3.84. The maximum Gasteiger partial charge on any atom is 0.326 e. The normalized spacial score (nSPS) is 14.3. The van der Waals surface area contributed by atoms with Gasteiger partial charge in [0.25, 0.3) is 10.0 Å². The largest absolute Gasteiger partial charge is 0.480 e. The van der Waals surface area contributed by atoms with Crippen molar-refractivity contribution in [2.45, 2.75) is 30.5 Å². The smallest absolute Gasteiger partial charge is 0.326 e. The fourth-order valence-electron chi connectivity index (χ4n) is 1.58. The van der Waals surface area contributed by atoms with E-state index in [1.54, 1.807) is 13.8 Å². The highest BCUT2D eigenvalue weighted by Gasteiger charge is 2.26. The quantitative estimate of drug-likeness (QED) is 0.640. The number of hydrogen-bond donors (Lipinski definition) is 3. The van der Waals surface area contributed by atoms with Crippen LogP contribution < -0.4 is 10.0 Å². The summed E-state index contributed by atoms with van der Waals surface area (Å²) in [7, 11) is -3.84. The second-order valence-electron chi connectivity index (χ2n) is 4.65. The average molecular weight is 369 g/mol. The van der Waals surface area contributed by atoms with Gasteiger partial charge in [0, 0.05) is 0 Å². The molecule has 0 radical (unpaired) electrons. The van der Waals surface area contributed by atoms with Crippen LogP contribution in [-0.2, 0) is 19.6 Å². The number of sulfonamides is 1. The first-order valence-corrected chi connectivity index (χ1v) is 9.12. The van der Waals surface area contributed by atoms with Gasteiger partial charge in [-0.3, -0.25) is 4.79 Å². The molecule has 1 aromatic heterocycles. The molecule has 0 saturated carbocycles. The van der Waals surface area contributed by atoms with E-state index in [0.717, 1.165) is 11.3 Å². The molecule has 1 rings (SSSR count). The van der Waals surface area contributed by atoms with Crippen LogP contribution in [0.2, 0.25) is 4.34 Å². The van der Waals surface area contributed by atoms with Crippen LogP contribution in [0.3, 0.4) is 0 Å². The number of rotatable bonds is 8. The Bertz CT molecular complexity index is 644. The van der Waals surface area contributed by atoms with Gasteiger partial charge in [-0.25, -0.2) is 17.9 Å². The third-order valence-electron chi connectivity index (χ3n) is 3.03. The van der Waals surface area contributed by atoms with Crippen molar-refractivity contribution in [3.63, 3.8) is 0 Å². The van der Waals surface area contributed by atoms with Crippen molar-refractivity contribution in [1.82, 2.24) is 10.0 Å². The second kappa shape index (κ2) is 7.91. The van der Waals surface area contributed by atoms with Crippen molar-refractivity contribution in [2.75, 3.05) is 6.54 Å². The molecule has 3 N–H and O–H groups in total. The molecule has 0 aliphatic carbocycles. The number of carboxylic acids is 1. The lowest BCUT2D eigenvalue weighted by molar-refractivity contribution is -0.143. The Morgan fingerprint density at radius 3 is 2.50 bits per heavy atom. The third-order valence-corrected chi connectivity index (χ3v) is 6.16. The van der Waals surface area contributed by atoms with Crippen molar-refractivity contribution in [3.8, 4) is 0 Å². The SMILES string of the molecule is CC[C@H](C)[C@H](NC(=O)CNS(=O)(=O)c1ccc(Cl)s1)C(=O)O. The molecular formula is C12H17ClN2O5S2. The predicted octanol–water partition coefficient (Wildman–Crippen LogP) is 1.30. The van der Waals surface area contributed by atoms with Gasteiger partial charge in [-0.2, -0.15) is 0 Å². The van der Waals surface area contributed by atoms with Gasteiger partial charge in [0.1, 0.15) is 10.3 Å². The summed E-state index contributed by atoms with van der Waals surface area (Å²) >= 11 is 6.53. The summed E-state index contributed by atoms with van der Waals surface area (Å²) in [6.07, 6.45) is 0.566. The standard InChI is InChI=1S/C12H17ClN2O5S2/c1-3-7(2)11(12(17)18)15-9(16)6-14-22(19,20)10-5-4-8(13)21-10/h4-5,7,11,14H,3,6H2,1-2H3,(H,15,16)(H,17,18)/t7-,11-/m0/s1. The number of carbonyl (C=O) groups is 2. The molecule has 0 saturated heterocycles. The summed E-state index contributed by atoms with van der Waals surface area (Å²) < 4.78 is 26.2. The fourth-order valence-corrected chi connectivity index (χ4v) is 4.09. The van der Waals surface area contributed by atoms with E-state index in [9.17, 15) is 18.0 Å². The topological polar surface area (TPSA) is 113 Å². The number of nitrogens with one attached hydrogen (secondary N) is 2. The molecule has 0 bridgehead atoms. The Morgan fingerprint density at radius 1 is 1.41 bits per heavy atom. The Morgan fingerprint density at radius 2 is 2.05 bits per heavy atom. The summed E-state index contributed by atoms with van der Waals surface area (Å²) in [6, 6.07) is 1.70.